The highest BCUT2D eigenvalue weighted by molar-refractivity contribution is 5.79. The number of hydrogen-bond acceptors (Lipinski definition) is 3. The van der Waals surface area contributed by atoms with Crippen LogP contribution in [0.15, 0.2) is 18.2 Å². The molecule has 2 rings (SSSR count). The molecule has 3 heteroatoms. The van der Waals surface area contributed by atoms with Gasteiger partial charge in [-0.2, -0.15) is 0 Å². The molecule has 0 heterocycles. The Morgan fingerprint density at radius 1 is 1.50 bits per heavy atom. The fourth-order valence-electron chi connectivity index (χ4n) is 1.84. The molecule has 14 heavy (non-hydrogen) atoms. The lowest BCUT2D eigenvalue weighted by atomic mass is 9.91. The van der Waals surface area contributed by atoms with Gasteiger partial charge in [0.15, 0.2) is 0 Å². The predicted molar refractivity (Wildman–Crippen MR) is 53.5 cm³/mol. The summed E-state index contributed by atoms with van der Waals surface area (Å²) >= 11 is 0. The Hall–Kier alpha value is -1.35. The quantitative estimate of drug-likeness (QED) is 0.705. The van der Waals surface area contributed by atoms with Gasteiger partial charge in [0.1, 0.15) is 12.0 Å². The number of aldehydes is 1. The second-order valence-electron chi connectivity index (χ2n) is 3.87. The van der Waals surface area contributed by atoms with E-state index in [4.69, 9.17) is 5.73 Å². The smallest absolute Gasteiger partial charge is 0.150 e. The Balaban J connectivity index is 2.49. The summed E-state index contributed by atoms with van der Waals surface area (Å²) in [6.07, 6.45) is 2.84. The highest BCUT2D eigenvalue weighted by atomic mass is 16.3. The van der Waals surface area contributed by atoms with E-state index >= 15 is 0 Å². The topological polar surface area (TPSA) is 63.3 Å². The van der Waals surface area contributed by atoms with Gasteiger partial charge >= 0.3 is 0 Å². The van der Waals surface area contributed by atoms with E-state index in [1.807, 2.05) is 0 Å². The first-order valence-corrected chi connectivity index (χ1v) is 4.70. The van der Waals surface area contributed by atoms with Crippen molar-refractivity contribution >= 4 is 6.29 Å². The lowest BCUT2D eigenvalue weighted by Gasteiger charge is -2.15. The number of nitrogens with two attached hydrogens (primary N) is 1. The summed E-state index contributed by atoms with van der Waals surface area (Å²) in [4.78, 5) is 10.8. The largest absolute Gasteiger partial charge is 0.508 e. The summed E-state index contributed by atoms with van der Waals surface area (Å²) in [6, 6.07) is 4.83. The summed E-state index contributed by atoms with van der Waals surface area (Å²) in [5, 5.41) is 9.36. The van der Waals surface area contributed by atoms with Gasteiger partial charge in [0, 0.05) is 17.5 Å². The van der Waals surface area contributed by atoms with Crippen molar-refractivity contribution in [3.8, 4) is 5.75 Å². The number of carbonyl (C=O) groups excluding carboxylic acids is 1. The van der Waals surface area contributed by atoms with Crippen molar-refractivity contribution in [2.24, 2.45) is 5.73 Å². The van der Waals surface area contributed by atoms with E-state index in [0.717, 1.165) is 24.7 Å². The Kier molecular flexibility index (Phi) is 2.04. The van der Waals surface area contributed by atoms with Gasteiger partial charge in [-0.15, -0.1) is 0 Å². The number of phenols is 1. The predicted octanol–water partition coefficient (Wildman–Crippen LogP) is 1.20. The normalized spacial score (nSPS) is 17.8. The van der Waals surface area contributed by atoms with Crippen LogP contribution in [0, 0.1) is 0 Å². The van der Waals surface area contributed by atoms with E-state index in [2.05, 4.69) is 0 Å². The van der Waals surface area contributed by atoms with Crippen LogP contribution in [0.4, 0.5) is 0 Å². The fourth-order valence-corrected chi connectivity index (χ4v) is 1.84. The lowest BCUT2D eigenvalue weighted by Crippen LogP contribution is -2.21. The van der Waals surface area contributed by atoms with Crippen molar-refractivity contribution in [2.45, 2.75) is 18.3 Å². The van der Waals surface area contributed by atoms with Crippen molar-refractivity contribution < 1.29 is 9.90 Å². The third-order valence-electron chi connectivity index (χ3n) is 2.98. The molecule has 0 bridgehead atoms. The maximum Gasteiger partial charge on any atom is 0.150 e. The second-order valence-corrected chi connectivity index (χ2v) is 3.87. The average Bonchev–Trinajstić information content (AvgIpc) is 2.98. The van der Waals surface area contributed by atoms with E-state index in [1.165, 1.54) is 6.07 Å². The molecule has 3 nitrogen and oxygen atoms in total. The Labute approximate surface area is 82.5 Å². The first kappa shape index (κ1) is 9.21. The Morgan fingerprint density at radius 3 is 2.71 bits per heavy atom. The Bertz CT molecular complexity index is 370. The minimum atomic E-state index is -0.0466. The number of rotatable bonds is 3. The number of phenolic OH excluding ortho intramolecular Hbond substituents is 1. The number of benzene rings is 1. The lowest BCUT2D eigenvalue weighted by molar-refractivity contribution is 0.112. The first-order valence-electron chi connectivity index (χ1n) is 4.70. The van der Waals surface area contributed by atoms with Gasteiger partial charge in [-0.25, -0.2) is 0 Å². The zero-order valence-corrected chi connectivity index (χ0v) is 7.86. The van der Waals surface area contributed by atoms with Gasteiger partial charge in [-0.3, -0.25) is 4.79 Å². The van der Waals surface area contributed by atoms with Gasteiger partial charge < -0.3 is 10.8 Å². The first-order chi connectivity index (χ1) is 6.72. The molecule has 1 aromatic carbocycles. The van der Waals surface area contributed by atoms with Crippen molar-refractivity contribution in [3.05, 3.63) is 29.3 Å². The van der Waals surface area contributed by atoms with Crippen LogP contribution in [0.1, 0.15) is 28.8 Å². The zero-order valence-electron chi connectivity index (χ0n) is 7.86. The maximum atomic E-state index is 10.8. The SMILES string of the molecule is NCC1(c2cc(O)ccc2C=O)CC1. The summed E-state index contributed by atoms with van der Waals surface area (Å²) in [5.41, 5.74) is 7.17. The molecule has 0 unspecified atom stereocenters. The number of aromatic hydroxyl groups is 1. The molecule has 0 radical (unpaired) electrons. The molecule has 0 amide bonds. The van der Waals surface area contributed by atoms with Crippen LogP contribution in [-0.4, -0.2) is 17.9 Å². The molecule has 0 atom stereocenters. The molecule has 1 aliphatic rings. The maximum absolute atomic E-state index is 10.8. The molecule has 1 fully saturated rings. The second kappa shape index (κ2) is 3.10. The van der Waals surface area contributed by atoms with Gasteiger partial charge in [-0.05, 0) is 36.6 Å². The minimum Gasteiger partial charge on any atom is -0.508 e. The van der Waals surface area contributed by atoms with E-state index in [9.17, 15) is 9.90 Å². The van der Waals surface area contributed by atoms with Crippen LogP contribution >= 0.6 is 0 Å². The summed E-state index contributed by atoms with van der Waals surface area (Å²) in [5.74, 6) is 0.199. The molecule has 0 spiro atoms. The van der Waals surface area contributed by atoms with Gasteiger partial charge in [-0.1, -0.05) is 0 Å². The molecule has 0 saturated heterocycles. The van der Waals surface area contributed by atoms with Crippen molar-refractivity contribution in [3.63, 3.8) is 0 Å². The van der Waals surface area contributed by atoms with Crippen LogP contribution in [-0.2, 0) is 5.41 Å². The molecule has 1 aliphatic carbocycles. The standard InChI is InChI=1S/C11H13NO2/c12-7-11(3-4-11)10-5-9(14)2-1-8(10)6-13/h1-2,5-6,14H,3-4,7,12H2. The van der Waals surface area contributed by atoms with Crippen LogP contribution < -0.4 is 5.73 Å². The van der Waals surface area contributed by atoms with Crippen molar-refractivity contribution in [1.29, 1.82) is 0 Å². The molecule has 3 N–H and O–H groups in total. The Morgan fingerprint density at radius 2 is 2.21 bits per heavy atom. The van der Waals surface area contributed by atoms with Gasteiger partial charge in [0.05, 0.1) is 0 Å². The van der Waals surface area contributed by atoms with Crippen LogP contribution in [0.2, 0.25) is 0 Å². The fraction of sp³-hybridized carbons (Fsp3) is 0.364. The van der Waals surface area contributed by atoms with Crippen molar-refractivity contribution in [2.75, 3.05) is 6.54 Å². The highest BCUT2D eigenvalue weighted by Crippen LogP contribution is 2.48. The minimum absolute atomic E-state index is 0.0466. The molecule has 0 aromatic heterocycles. The van der Waals surface area contributed by atoms with Crippen molar-refractivity contribution in [1.82, 2.24) is 0 Å². The molecule has 74 valence electrons. The molecular weight excluding hydrogens is 178 g/mol. The van der Waals surface area contributed by atoms with E-state index < -0.39 is 0 Å². The van der Waals surface area contributed by atoms with Gasteiger partial charge in [0.2, 0.25) is 0 Å². The third kappa shape index (κ3) is 1.30. The van der Waals surface area contributed by atoms with Crippen LogP contribution in [0.25, 0.3) is 0 Å². The van der Waals surface area contributed by atoms with Crippen LogP contribution in [0.5, 0.6) is 5.75 Å². The summed E-state index contributed by atoms with van der Waals surface area (Å²) in [6.45, 7) is 0.539. The highest BCUT2D eigenvalue weighted by Gasteiger charge is 2.44. The third-order valence-corrected chi connectivity index (χ3v) is 2.98. The molecule has 1 saturated carbocycles. The molecule has 0 aliphatic heterocycles. The van der Waals surface area contributed by atoms with Gasteiger partial charge in [0.25, 0.3) is 0 Å². The average molecular weight is 191 g/mol. The number of hydrogen-bond donors (Lipinski definition) is 2. The monoisotopic (exact) mass is 191 g/mol. The number of carbonyl (C=O) groups is 1. The van der Waals surface area contributed by atoms with E-state index in [1.54, 1.807) is 12.1 Å². The summed E-state index contributed by atoms with van der Waals surface area (Å²) < 4.78 is 0. The zero-order chi connectivity index (χ0) is 10.2. The van der Waals surface area contributed by atoms with Crippen LogP contribution in [0.3, 0.4) is 0 Å². The van der Waals surface area contributed by atoms with E-state index in [-0.39, 0.29) is 11.2 Å². The molecular formula is C11H13NO2. The van der Waals surface area contributed by atoms with E-state index in [0.29, 0.717) is 12.1 Å². The summed E-state index contributed by atoms with van der Waals surface area (Å²) in [7, 11) is 0. The molecule has 1 aromatic rings.